The number of anilines is 2. The minimum absolute atomic E-state index is 0.302. The van der Waals surface area contributed by atoms with Gasteiger partial charge in [0.05, 0.1) is 18.5 Å². The highest BCUT2D eigenvalue weighted by Gasteiger charge is 2.51. The molecule has 0 spiro atoms. The number of nitrogens with zero attached hydrogens (tertiary/aromatic N) is 1. The van der Waals surface area contributed by atoms with E-state index in [1.807, 2.05) is 6.92 Å². The summed E-state index contributed by atoms with van der Waals surface area (Å²) in [5.74, 6) is -0.157. The van der Waals surface area contributed by atoms with Crippen LogP contribution in [0.25, 0.3) is 0 Å². The Hall–Kier alpha value is -3.06. The monoisotopic (exact) mass is 355 g/mol. The average molecular weight is 355 g/mol. The van der Waals surface area contributed by atoms with Crippen LogP contribution in [0, 0.1) is 0 Å². The number of nitrogens with one attached hydrogen (secondary N) is 2. The molecule has 1 aliphatic heterocycles. The largest absolute Gasteiger partial charge is 0.497 e. The lowest BCUT2D eigenvalue weighted by atomic mass is 9.94. The van der Waals surface area contributed by atoms with Crippen molar-refractivity contribution in [3.63, 3.8) is 0 Å². The first-order chi connectivity index (χ1) is 12.5. The first kappa shape index (κ1) is 17.8. The molecule has 0 fully saturated rings. The van der Waals surface area contributed by atoms with Crippen LogP contribution in [0.5, 0.6) is 5.75 Å². The molecule has 7 heteroatoms. The Kier molecular flexibility index (Phi) is 4.81. The molecule has 0 aliphatic carbocycles. The van der Waals surface area contributed by atoms with Gasteiger partial charge in [-0.25, -0.2) is 4.79 Å². The van der Waals surface area contributed by atoms with Gasteiger partial charge >= 0.3 is 6.03 Å². The number of ether oxygens (including phenoxy) is 1. The van der Waals surface area contributed by atoms with E-state index in [9.17, 15) is 14.7 Å². The third-order valence-electron chi connectivity index (χ3n) is 4.23. The molecule has 0 radical (unpaired) electrons. The zero-order valence-electron chi connectivity index (χ0n) is 14.7. The smallest absolute Gasteiger partial charge is 0.329 e. The van der Waals surface area contributed by atoms with Crippen molar-refractivity contribution in [2.45, 2.75) is 19.1 Å². The molecule has 0 saturated heterocycles. The van der Waals surface area contributed by atoms with Crippen molar-refractivity contribution in [1.82, 2.24) is 5.32 Å². The van der Waals surface area contributed by atoms with Gasteiger partial charge in [0, 0.05) is 18.2 Å². The van der Waals surface area contributed by atoms with Gasteiger partial charge in [-0.3, -0.25) is 9.69 Å². The molecule has 1 aliphatic rings. The van der Waals surface area contributed by atoms with E-state index in [0.717, 1.165) is 4.90 Å². The van der Waals surface area contributed by atoms with Crippen LogP contribution in [0.15, 0.2) is 48.5 Å². The number of aliphatic hydroxyl groups is 1. The topological polar surface area (TPSA) is 90.9 Å². The number of carbonyl (C=O) groups excluding carboxylic acids is 2. The number of benzene rings is 2. The Morgan fingerprint density at radius 3 is 2.77 bits per heavy atom. The number of para-hydroxylation sites is 1. The summed E-state index contributed by atoms with van der Waals surface area (Å²) in [6.45, 7) is 2.29. The highest BCUT2D eigenvalue weighted by Crippen LogP contribution is 2.40. The molecule has 1 heterocycles. The number of hydrogen-bond donors (Lipinski definition) is 3. The summed E-state index contributed by atoms with van der Waals surface area (Å²) >= 11 is 0. The van der Waals surface area contributed by atoms with Crippen LogP contribution in [-0.2, 0) is 10.5 Å². The molecule has 2 aromatic carbocycles. The Morgan fingerprint density at radius 2 is 2.04 bits per heavy atom. The van der Waals surface area contributed by atoms with E-state index in [0.29, 0.717) is 35.7 Å². The number of urea groups is 1. The highest BCUT2D eigenvalue weighted by atomic mass is 16.5. The average Bonchev–Trinajstić information content (AvgIpc) is 2.66. The van der Waals surface area contributed by atoms with Gasteiger partial charge in [0.2, 0.25) is 0 Å². The molecular weight excluding hydrogens is 334 g/mol. The molecule has 3 amide bonds. The fourth-order valence-electron chi connectivity index (χ4n) is 2.97. The van der Waals surface area contributed by atoms with E-state index in [-0.39, 0.29) is 0 Å². The molecular formula is C19H21N3O4. The predicted octanol–water partition coefficient (Wildman–Crippen LogP) is 2.42. The normalized spacial score (nSPS) is 18.7. The molecule has 7 nitrogen and oxygen atoms in total. The van der Waals surface area contributed by atoms with Gasteiger partial charge in [-0.15, -0.1) is 0 Å². The minimum Gasteiger partial charge on any atom is -0.497 e. The first-order valence-corrected chi connectivity index (χ1v) is 8.37. The summed E-state index contributed by atoms with van der Waals surface area (Å²) in [6.07, 6.45) is 0.703. The van der Waals surface area contributed by atoms with Crippen molar-refractivity contribution in [3.8, 4) is 5.75 Å². The molecule has 3 rings (SSSR count). The SMILES string of the molecule is CCCNC(=O)[C@@]1(O)c2ccccc2NC(=O)N1c1cccc(OC)c1. The maximum atomic E-state index is 12.9. The molecule has 0 aromatic heterocycles. The Bertz CT molecular complexity index is 839. The van der Waals surface area contributed by atoms with Gasteiger partial charge in [0.15, 0.2) is 0 Å². The second kappa shape index (κ2) is 7.05. The number of methoxy groups -OCH3 is 1. The van der Waals surface area contributed by atoms with Crippen LogP contribution < -0.4 is 20.3 Å². The van der Waals surface area contributed by atoms with Crippen LogP contribution in [-0.4, -0.2) is 30.7 Å². The van der Waals surface area contributed by atoms with Crippen molar-refractivity contribution in [2.24, 2.45) is 0 Å². The zero-order chi connectivity index (χ0) is 18.7. The summed E-state index contributed by atoms with van der Waals surface area (Å²) in [5.41, 5.74) is -1.15. The van der Waals surface area contributed by atoms with Gasteiger partial charge in [0.25, 0.3) is 11.6 Å². The molecule has 3 N–H and O–H groups in total. The first-order valence-electron chi connectivity index (χ1n) is 8.37. The molecule has 0 saturated carbocycles. The standard InChI is InChI=1S/C19H21N3O4/c1-3-11-20-17(23)19(25)15-9-4-5-10-16(15)21-18(24)22(19)13-7-6-8-14(12-13)26-2/h4-10,12,25H,3,11H2,1-2H3,(H,20,23)(H,21,24)/t19-/m0/s1. The van der Waals surface area contributed by atoms with E-state index in [1.165, 1.54) is 7.11 Å². The molecule has 136 valence electrons. The van der Waals surface area contributed by atoms with Crippen LogP contribution in [0.2, 0.25) is 0 Å². The van der Waals surface area contributed by atoms with Crippen molar-refractivity contribution in [3.05, 3.63) is 54.1 Å². The third kappa shape index (κ3) is 2.86. The summed E-state index contributed by atoms with van der Waals surface area (Å²) < 4.78 is 5.20. The summed E-state index contributed by atoms with van der Waals surface area (Å²) in [5, 5.41) is 16.9. The zero-order valence-corrected chi connectivity index (χ0v) is 14.7. The third-order valence-corrected chi connectivity index (χ3v) is 4.23. The highest BCUT2D eigenvalue weighted by molar-refractivity contribution is 6.11. The van der Waals surface area contributed by atoms with Crippen LogP contribution in [0.3, 0.4) is 0 Å². The second-order valence-electron chi connectivity index (χ2n) is 5.94. The van der Waals surface area contributed by atoms with Crippen LogP contribution in [0.4, 0.5) is 16.2 Å². The van der Waals surface area contributed by atoms with Gasteiger partial charge < -0.3 is 20.5 Å². The van der Waals surface area contributed by atoms with Crippen molar-refractivity contribution in [1.29, 1.82) is 0 Å². The number of carbonyl (C=O) groups is 2. The Balaban J connectivity index is 2.17. The predicted molar refractivity (Wildman–Crippen MR) is 98.1 cm³/mol. The maximum Gasteiger partial charge on any atom is 0.329 e. The quantitative estimate of drug-likeness (QED) is 0.768. The van der Waals surface area contributed by atoms with Crippen LogP contribution in [0.1, 0.15) is 18.9 Å². The van der Waals surface area contributed by atoms with Gasteiger partial charge in [-0.05, 0) is 24.6 Å². The number of rotatable bonds is 5. The van der Waals surface area contributed by atoms with E-state index >= 15 is 0 Å². The van der Waals surface area contributed by atoms with Gasteiger partial charge in [-0.1, -0.05) is 31.2 Å². The number of fused-ring (bicyclic) bond motifs is 1. The second-order valence-corrected chi connectivity index (χ2v) is 5.94. The number of hydrogen-bond acceptors (Lipinski definition) is 4. The van der Waals surface area contributed by atoms with E-state index in [2.05, 4.69) is 10.6 Å². The lowest BCUT2D eigenvalue weighted by Crippen LogP contribution is -2.62. The molecule has 0 unspecified atom stereocenters. The van der Waals surface area contributed by atoms with Crippen molar-refractivity contribution >= 4 is 23.3 Å². The molecule has 2 aromatic rings. The summed E-state index contributed by atoms with van der Waals surface area (Å²) in [7, 11) is 1.50. The van der Waals surface area contributed by atoms with Gasteiger partial charge in [-0.2, -0.15) is 0 Å². The van der Waals surface area contributed by atoms with E-state index in [4.69, 9.17) is 4.74 Å². The van der Waals surface area contributed by atoms with Crippen LogP contribution >= 0.6 is 0 Å². The van der Waals surface area contributed by atoms with Crippen molar-refractivity contribution < 1.29 is 19.4 Å². The van der Waals surface area contributed by atoms with E-state index < -0.39 is 17.7 Å². The van der Waals surface area contributed by atoms with Crippen molar-refractivity contribution in [2.75, 3.05) is 23.9 Å². The Morgan fingerprint density at radius 1 is 1.27 bits per heavy atom. The van der Waals surface area contributed by atoms with E-state index in [1.54, 1.807) is 48.5 Å². The summed E-state index contributed by atoms with van der Waals surface area (Å²) in [4.78, 5) is 26.7. The fourth-order valence-corrected chi connectivity index (χ4v) is 2.97. The fraction of sp³-hybridized carbons (Fsp3) is 0.263. The summed E-state index contributed by atoms with van der Waals surface area (Å²) in [6, 6.07) is 12.7. The number of amides is 3. The molecule has 1 atom stereocenters. The lowest BCUT2D eigenvalue weighted by Gasteiger charge is -2.42. The maximum absolute atomic E-state index is 12.9. The van der Waals surface area contributed by atoms with Gasteiger partial charge in [0.1, 0.15) is 5.75 Å². The molecule has 26 heavy (non-hydrogen) atoms. The lowest BCUT2D eigenvalue weighted by molar-refractivity contribution is -0.140. The Labute approximate surface area is 151 Å². The molecule has 0 bridgehead atoms. The minimum atomic E-state index is -2.18.